The number of carboxylic acids is 1. The van der Waals surface area contributed by atoms with Gasteiger partial charge >= 0.3 is 11.9 Å². The van der Waals surface area contributed by atoms with Crippen molar-refractivity contribution in [2.45, 2.75) is 24.4 Å². The number of aliphatic carboxylic acids is 1. The van der Waals surface area contributed by atoms with Gasteiger partial charge in [-0.1, -0.05) is 0 Å². The van der Waals surface area contributed by atoms with E-state index in [2.05, 4.69) is 20.8 Å². The molecule has 1 aromatic rings. The molecule has 4 rings (SSSR count). The van der Waals surface area contributed by atoms with Crippen molar-refractivity contribution in [2.24, 2.45) is 0 Å². The Bertz CT molecular complexity index is 936. The van der Waals surface area contributed by atoms with E-state index in [4.69, 9.17) is 4.74 Å². The second-order valence-electron chi connectivity index (χ2n) is 6.04. The van der Waals surface area contributed by atoms with E-state index in [1.165, 1.54) is 22.5 Å². The number of tetrazole rings is 1. The topological polar surface area (TPSA) is 157 Å². The lowest BCUT2D eigenvalue weighted by Crippen LogP contribution is -2.70. The summed E-state index contributed by atoms with van der Waals surface area (Å²) in [6.45, 7) is 1.85. The van der Waals surface area contributed by atoms with Gasteiger partial charge in [-0.05, 0) is 29.0 Å². The number of fused-ring (bicyclic) bond motifs is 2. The van der Waals surface area contributed by atoms with Crippen molar-refractivity contribution in [3.05, 3.63) is 29.2 Å². The molecule has 0 spiro atoms. The van der Waals surface area contributed by atoms with E-state index in [9.17, 15) is 24.3 Å². The van der Waals surface area contributed by atoms with Crippen LogP contribution in [-0.4, -0.2) is 77.7 Å². The average molecular weight is 406 g/mol. The molecule has 1 saturated heterocycles. The third kappa shape index (κ3) is 2.83. The van der Waals surface area contributed by atoms with Crippen LogP contribution >= 0.6 is 11.8 Å². The molecule has 12 nitrogen and oxygen atoms in total. The molecule has 3 atom stereocenters. The van der Waals surface area contributed by atoms with Gasteiger partial charge in [0, 0.05) is 11.8 Å². The van der Waals surface area contributed by atoms with Gasteiger partial charge in [0.1, 0.15) is 17.1 Å². The number of carboxylic acid groups (broad SMARTS) is 1. The molecule has 146 valence electrons. The first kappa shape index (κ1) is 18.2. The minimum absolute atomic E-state index is 0.197. The van der Waals surface area contributed by atoms with Crippen LogP contribution in [0.5, 0.6) is 0 Å². The summed E-state index contributed by atoms with van der Waals surface area (Å²) in [6.07, 6.45) is 2.47. The molecule has 3 aliphatic rings. The van der Waals surface area contributed by atoms with Crippen LogP contribution in [0.3, 0.4) is 0 Å². The summed E-state index contributed by atoms with van der Waals surface area (Å²) in [4.78, 5) is 49.1. The molecule has 13 heteroatoms. The number of β-lactam (4-membered cyclic amide) rings is 1. The van der Waals surface area contributed by atoms with Gasteiger partial charge in [-0.2, -0.15) is 0 Å². The zero-order chi connectivity index (χ0) is 20.0. The summed E-state index contributed by atoms with van der Waals surface area (Å²) in [5.41, 5.74) is 0.113. The van der Waals surface area contributed by atoms with Gasteiger partial charge < -0.3 is 15.2 Å². The molecule has 4 heterocycles. The van der Waals surface area contributed by atoms with Crippen LogP contribution in [-0.2, 0) is 23.9 Å². The van der Waals surface area contributed by atoms with Gasteiger partial charge in [0.25, 0.3) is 11.8 Å². The number of hydrogen-bond acceptors (Lipinski definition) is 9. The quantitative estimate of drug-likeness (QED) is 0.321. The summed E-state index contributed by atoms with van der Waals surface area (Å²) in [5.74, 6) is -2.19. The van der Waals surface area contributed by atoms with Crippen LogP contribution in [0.15, 0.2) is 23.4 Å². The Morgan fingerprint density at radius 3 is 2.86 bits per heavy atom. The van der Waals surface area contributed by atoms with E-state index >= 15 is 0 Å². The number of amides is 2. The van der Waals surface area contributed by atoms with Crippen LogP contribution in [0, 0.1) is 0 Å². The predicted molar refractivity (Wildman–Crippen MR) is 91.4 cm³/mol. The number of aromatic nitrogens is 4. The first-order valence-electron chi connectivity index (χ1n) is 8.28. The van der Waals surface area contributed by atoms with E-state index in [1.807, 2.05) is 0 Å². The van der Waals surface area contributed by atoms with Crippen LogP contribution in [0.4, 0.5) is 0 Å². The van der Waals surface area contributed by atoms with E-state index < -0.39 is 41.2 Å². The molecule has 0 aliphatic carbocycles. The summed E-state index contributed by atoms with van der Waals surface area (Å²) >= 11 is 1.29. The van der Waals surface area contributed by atoms with Crippen molar-refractivity contribution in [1.82, 2.24) is 30.4 Å². The van der Waals surface area contributed by atoms with E-state index in [-0.39, 0.29) is 18.1 Å². The Kier molecular flexibility index (Phi) is 4.37. The highest BCUT2D eigenvalue weighted by Gasteiger charge is 2.55. The van der Waals surface area contributed by atoms with Crippen molar-refractivity contribution >= 4 is 35.5 Å². The first-order valence-corrected chi connectivity index (χ1v) is 9.33. The first-order chi connectivity index (χ1) is 13.4. The molecule has 28 heavy (non-hydrogen) atoms. The average Bonchev–Trinajstić information content (AvgIpc) is 3.15. The van der Waals surface area contributed by atoms with Gasteiger partial charge in [0.05, 0.1) is 6.61 Å². The number of carbonyl (C=O) groups excluding carboxylic acids is 3. The zero-order valence-electron chi connectivity index (χ0n) is 14.4. The third-order valence-corrected chi connectivity index (χ3v) is 5.70. The SMILES string of the molecule is CCOC(=O)C=CC1=C(C(=O)O)N2C(=O)C(NC(=O)C3c4nnnn43)[C@@H]2SC1. The molecule has 1 fully saturated rings. The molecule has 2 amide bonds. The molecule has 2 unspecified atom stereocenters. The Morgan fingerprint density at radius 1 is 1.43 bits per heavy atom. The maximum Gasteiger partial charge on any atom is 0.352 e. The maximum atomic E-state index is 12.5. The number of thioether (sulfide) groups is 1. The maximum absolute atomic E-state index is 12.5. The van der Waals surface area contributed by atoms with E-state index in [1.54, 1.807) is 6.92 Å². The molecule has 0 bridgehead atoms. The summed E-state index contributed by atoms with van der Waals surface area (Å²) < 4.78 is 6.10. The van der Waals surface area contributed by atoms with Crippen molar-refractivity contribution in [3.63, 3.8) is 0 Å². The number of carbonyl (C=O) groups is 4. The number of nitrogens with one attached hydrogen (secondary N) is 1. The van der Waals surface area contributed by atoms with E-state index in [0.717, 1.165) is 11.0 Å². The lowest BCUT2D eigenvalue weighted by atomic mass is 10.0. The summed E-state index contributed by atoms with van der Waals surface area (Å²) in [6, 6.07) is -1.51. The zero-order valence-corrected chi connectivity index (χ0v) is 15.3. The fraction of sp³-hybridized carbons (Fsp3) is 0.400. The van der Waals surface area contributed by atoms with Crippen molar-refractivity contribution < 1.29 is 29.0 Å². The second kappa shape index (κ2) is 6.74. The van der Waals surface area contributed by atoms with Crippen molar-refractivity contribution in [3.8, 4) is 0 Å². The third-order valence-electron chi connectivity index (χ3n) is 4.39. The molecular weight excluding hydrogens is 392 g/mol. The second-order valence-corrected chi connectivity index (χ2v) is 7.15. The summed E-state index contributed by atoms with van der Waals surface area (Å²) in [7, 11) is 0. The number of allylic oxidation sites excluding steroid dienone is 1. The minimum Gasteiger partial charge on any atom is -0.477 e. The lowest BCUT2D eigenvalue weighted by Gasteiger charge is -2.49. The van der Waals surface area contributed by atoms with Crippen LogP contribution in [0.1, 0.15) is 18.8 Å². The van der Waals surface area contributed by atoms with Crippen molar-refractivity contribution in [2.75, 3.05) is 12.4 Å². The standard InChI is InChI=1S/C15H14N6O6S/c1-2-27-7(22)4-3-6-5-28-14-8(13(24)20(14)9(6)15(25)26)16-12(23)10-11-17-18-19-21(10)11/h3-4,8,10,14H,2,5H2,1H3,(H,16,23)(H,25,26)/t8?,10?,14-,21?/m0/s1. The Labute approximate surface area is 161 Å². The van der Waals surface area contributed by atoms with Crippen LogP contribution < -0.4 is 5.32 Å². The normalized spacial score (nSPS) is 25.1. The monoisotopic (exact) mass is 406 g/mol. The number of rotatable bonds is 6. The highest BCUT2D eigenvalue weighted by atomic mass is 32.2. The molecule has 0 saturated carbocycles. The van der Waals surface area contributed by atoms with Gasteiger partial charge in [0.2, 0.25) is 0 Å². The van der Waals surface area contributed by atoms with Crippen LogP contribution in [0.25, 0.3) is 0 Å². The van der Waals surface area contributed by atoms with Crippen LogP contribution in [0.2, 0.25) is 0 Å². The highest BCUT2D eigenvalue weighted by Crippen LogP contribution is 2.41. The predicted octanol–water partition coefficient (Wildman–Crippen LogP) is -1.57. The highest BCUT2D eigenvalue weighted by molar-refractivity contribution is 8.00. The smallest absolute Gasteiger partial charge is 0.352 e. The number of hydrogen-bond donors (Lipinski definition) is 2. The van der Waals surface area contributed by atoms with Gasteiger partial charge in [-0.3, -0.25) is 14.5 Å². The fourth-order valence-corrected chi connectivity index (χ4v) is 4.39. The largest absolute Gasteiger partial charge is 0.477 e. The Hall–Kier alpha value is -3.22. The molecule has 1 aromatic heterocycles. The lowest BCUT2D eigenvalue weighted by molar-refractivity contribution is -0.150. The fourth-order valence-electron chi connectivity index (χ4n) is 3.07. The van der Waals surface area contributed by atoms with Gasteiger partial charge in [-0.25, -0.2) is 14.3 Å². The number of esters is 1. The number of ether oxygens (including phenoxy) is 1. The van der Waals surface area contributed by atoms with Crippen molar-refractivity contribution in [1.29, 1.82) is 0 Å². The molecular formula is C15H14N6O6S. The summed E-state index contributed by atoms with van der Waals surface area (Å²) in [5, 5.41) is 22.3. The molecule has 0 radical (unpaired) electrons. The van der Waals surface area contributed by atoms with Gasteiger partial charge in [-0.15, -0.1) is 16.9 Å². The Balaban J connectivity index is 1.47. The van der Waals surface area contributed by atoms with E-state index in [0.29, 0.717) is 11.4 Å². The Morgan fingerprint density at radius 2 is 2.21 bits per heavy atom. The number of nitrogens with zero attached hydrogens (tertiary/aromatic N) is 5. The van der Waals surface area contributed by atoms with Gasteiger partial charge in [0.15, 0.2) is 11.9 Å². The molecule has 2 N–H and O–H groups in total. The minimum atomic E-state index is -1.29. The molecule has 3 aliphatic heterocycles. The molecule has 0 aromatic carbocycles.